The maximum Gasteiger partial charge on any atom is 0.317 e. The van der Waals surface area contributed by atoms with Crippen molar-refractivity contribution in [3.05, 3.63) is 53.1 Å². The van der Waals surface area contributed by atoms with Crippen LogP contribution in [0.1, 0.15) is 10.4 Å². The Morgan fingerprint density at radius 2 is 1.92 bits per heavy atom. The topological polar surface area (TPSA) is 64.5 Å². The summed E-state index contributed by atoms with van der Waals surface area (Å²) in [5, 5.41) is 2.47. The van der Waals surface area contributed by atoms with E-state index in [-0.39, 0.29) is 11.9 Å². The molecule has 0 saturated carbocycles. The third-order valence-corrected chi connectivity index (χ3v) is 4.00. The largest absolute Gasteiger partial charge is 0.467 e. The van der Waals surface area contributed by atoms with Crippen LogP contribution in [-0.4, -0.2) is 42.2 Å². The molecule has 2 aromatic carbocycles. The number of methoxy groups -OCH3 is 1. The van der Waals surface area contributed by atoms with Crippen molar-refractivity contribution in [1.29, 1.82) is 0 Å². The number of hydrogen-bond donors (Lipinski definition) is 0. The summed E-state index contributed by atoms with van der Waals surface area (Å²) in [6.07, 6.45) is 0. The second-order valence-electron chi connectivity index (χ2n) is 5.29. The third-order valence-electron chi connectivity index (χ3n) is 3.76. The van der Waals surface area contributed by atoms with Gasteiger partial charge in [-0.25, -0.2) is 5.06 Å². The lowest BCUT2D eigenvalue weighted by atomic mass is 10.0. The Kier molecular flexibility index (Phi) is 4.83. The molecule has 0 aliphatic heterocycles. The van der Waals surface area contributed by atoms with Gasteiger partial charge in [0.1, 0.15) is 0 Å². The fourth-order valence-electron chi connectivity index (χ4n) is 2.45. The number of carbonyl (C=O) groups excluding carboxylic acids is 1. The molecule has 0 N–H and O–H groups in total. The van der Waals surface area contributed by atoms with Crippen LogP contribution in [0.25, 0.3) is 22.2 Å². The predicted octanol–water partition coefficient (Wildman–Crippen LogP) is 3.59. The monoisotopic (exact) mass is 357 g/mol. The van der Waals surface area contributed by atoms with E-state index < -0.39 is 0 Å². The van der Waals surface area contributed by atoms with E-state index in [0.717, 1.165) is 16.0 Å². The highest BCUT2D eigenvalue weighted by atomic mass is 35.5. The molecule has 0 unspecified atom stereocenters. The molecule has 6 nitrogen and oxygen atoms in total. The summed E-state index contributed by atoms with van der Waals surface area (Å²) in [6, 6.07) is 12.7. The fraction of sp³-hybridized carbons (Fsp3) is 0.167. The molecule has 1 heterocycles. The molecule has 0 aliphatic rings. The van der Waals surface area contributed by atoms with Gasteiger partial charge in [0, 0.05) is 28.6 Å². The lowest BCUT2D eigenvalue weighted by Gasteiger charge is -2.14. The first-order valence-electron chi connectivity index (χ1n) is 7.47. The number of benzene rings is 2. The minimum Gasteiger partial charge on any atom is -0.467 e. The van der Waals surface area contributed by atoms with Crippen LogP contribution in [0.5, 0.6) is 6.01 Å². The van der Waals surface area contributed by atoms with Gasteiger partial charge in [0.15, 0.2) is 0 Å². The first kappa shape index (κ1) is 17.1. The van der Waals surface area contributed by atoms with Crippen molar-refractivity contribution in [1.82, 2.24) is 15.0 Å². The summed E-state index contributed by atoms with van der Waals surface area (Å²) in [4.78, 5) is 26.1. The lowest BCUT2D eigenvalue weighted by Crippen LogP contribution is -2.25. The Balaban J connectivity index is 2.24. The molecule has 1 amide bonds. The van der Waals surface area contributed by atoms with Gasteiger partial charge in [-0.05, 0) is 30.3 Å². The zero-order valence-electron chi connectivity index (χ0n) is 14.0. The SMILES string of the molecule is COc1nc(-c2cccc(Cl)c2)c2cc(C(=O)N(C)OC)ccc2n1. The number of hydrogen-bond acceptors (Lipinski definition) is 5. The van der Waals surface area contributed by atoms with Gasteiger partial charge < -0.3 is 4.74 Å². The summed E-state index contributed by atoms with van der Waals surface area (Å²) in [5.74, 6) is -0.266. The minimum absolute atomic E-state index is 0.246. The second kappa shape index (κ2) is 7.04. The normalized spacial score (nSPS) is 10.7. The second-order valence-corrected chi connectivity index (χ2v) is 5.72. The van der Waals surface area contributed by atoms with Crippen LogP contribution < -0.4 is 4.74 Å². The summed E-state index contributed by atoms with van der Waals surface area (Å²) in [7, 11) is 4.49. The van der Waals surface area contributed by atoms with Crippen molar-refractivity contribution in [2.45, 2.75) is 0 Å². The molecule has 0 atom stereocenters. The highest BCUT2D eigenvalue weighted by Crippen LogP contribution is 2.30. The van der Waals surface area contributed by atoms with Crippen LogP contribution in [0.3, 0.4) is 0 Å². The summed E-state index contributed by atoms with van der Waals surface area (Å²) >= 11 is 6.11. The number of nitrogens with zero attached hydrogens (tertiary/aromatic N) is 3. The molecule has 3 rings (SSSR count). The Labute approximate surface area is 149 Å². The van der Waals surface area contributed by atoms with Crippen molar-refractivity contribution in [2.24, 2.45) is 0 Å². The standard InChI is InChI=1S/C18H16ClN3O3/c1-22(25-3)17(23)12-7-8-15-14(10-12)16(21-18(20-15)24-2)11-5-4-6-13(19)9-11/h4-10H,1-3H3. The molecule has 1 aromatic heterocycles. The van der Waals surface area contributed by atoms with Crippen molar-refractivity contribution in [3.8, 4) is 17.3 Å². The van der Waals surface area contributed by atoms with E-state index in [1.165, 1.54) is 14.2 Å². The number of fused-ring (bicyclic) bond motifs is 1. The molecule has 0 bridgehead atoms. The van der Waals surface area contributed by atoms with Gasteiger partial charge in [-0.15, -0.1) is 0 Å². The first-order chi connectivity index (χ1) is 12.0. The van der Waals surface area contributed by atoms with E-state index in [1.807, 2.05) is 12.1 Å². The molecule has 0 fully saturated rings. The highest BCUT2D eigenvalue weighted by molar-refractivity contribution is 6.30. The average molecular weight is 358 g/mol. The number of halogens is 1. The Morgan fingerprint density at radius 1 is 1.12 bits per heavy atom. The molecule has 128 valence electrons. The summed E-state index contributed by atoms with van der Waals surface area (Å²) in [5.41, 5.74) is 2.58. The molecule has 0 radical (unpaired) electrons. The maximum absolute atomic E-state index is 12.4. The van der Waals surface area contributed by atoms with Crippen LogP contribution in [0.15, 0.2) is 42.5 Å². The smallest absolute Gasteiger partial charge is 0.317 e. The van der Waals surface area contributed by atoms with Gasteiger partial charge >= 0.3 is 6.01 Å². The predicted molar refractivity (Wildman–Crippen MR) is 95.6 cm³/mol. The third kappa shape index (κ3) is 3.40. The zero-order valence-corrected chi connectivity index (χ0v) is 14.7. The van der Waals surface area contributed by atoms with Crippen LogP contribution in [0.2, 0.25) is 5.02 Å². The van der Waals surface area contributed by atoms with Crippen LogP contribution in [-0.2, 0) is 4.84 Å². The number of hydroxylamine groups is 2. The molecule has 0 spiro atoms. The molecular weight excluding hydrogens is 342 g/mol. The van der Waals surface area contributed by atoms with Crippen LogP contribution in [0.4, 0.5) is 0 Å². The van der Waals surface area contributed by atoms with Crippen molar-refractivity contribution in [2.75, 3.05) is 21.3 Å². The van der Waals surface area contributed by atoms with Gasteiger partial charge in [-0.2, -0.15) is 9.97 Å². The number of rotatable bonds is 4. The van der Waals surface area contributed by atoms with Gasteiger partial charge in [-0.3, -0.25) is 9.63 Å². The zero-order chi connectivity index (χ0) is 18.0. The van der Waals surface area contributed by atoms with E-state index in [1.54, 1.807) is 37.4 Å². The molecule has 0 aliphatic carbocycles. The number of ether oxygens (including phenoxy) is 1. The Morgan fingerprint density at radius 3 is 2.60 bits per heavy atom. The molecule has 3 aromatic rings. The van der Waals surface area contributed by atoms with Crippen molar-refractivity contribution >= 4 is 28.4 Å². The summed E-state index contributed by atoms with van der Waals surface area (Å²) < 4.78 is 5.20. The number of carbonyl (C=O) groups is 1. The van der Waals surface area contributed by atoms with E-state index in [2.05, 4.69) is 9.97 Å². The van der Waals surface area contributed by atoms with E-state index >= 15 is 0 Å². The molecule has 25 heavy (non-hydrogen) atoms. The average Bonchev–Trinajstić information content (AvgIpc) is 2.65. The van der Waals surface area contributed by atoms with Gasteiger partial charge in [0.25, 0.3) is 5.91 Å². The minimum atomic E-state index is -0.266. The van der Waals surface area contributed by atoms with Crippen molar-refractivity contribution < 1.29 is 14.4 Å². The van der Waals surface area contributed by atoms with E-state index in [9.17, 15) is 4.79 Å². The summed E-state index contributed by atoms with van der Waals surface area (Å²) in [6.45, 7) is 0. The van der Waals surface area contributed by atoms with Crippen LogP contribution >= 0.6 is 11.6 Å². The Bertz CT molecular complexity index is 946. The van der Waals surface area contributed by atoms with Crippen LogP contribution in [0, 0.1) is 0 Å². The van der Waals surface area contributed by atoms with Gasteiger partial charge in [-0.1, -0.05) is 23.7 Å². The highest BCUT2D eigenvalue weighted by Gasteiger charge is 2.16. The fourth-order valence-corrected chi connectivity index (χ4v) is 2.64. The molecular formula is C18H16ClN3O3. The quantitative estimate of drug-likeness (QED) is 0.667. The first-order valence-corrected chi connectivity index (χ1v) is 7.85. The lowest BCUT2D eigenvalue weighted by molar-refractivity contribution is -0.0756. The maximum atomic E-state index is 12.4. The van der Waals surface area contributed by atoms with E-state index in [0.29, 0.717) is 21.8 Å². The van der Waals surface area contributed by atoms with Crippen molar-refractivity contribution in [3.63, 3.8) is 0 Å². The molecule has 0 saturated heterocycles. The number of amides is 1. The van der Waals surface area contributed by atoms with E-state index in [4.69, 9.17) is 21.2 Å². The number of aromatic nitrogens is 2. The van der Waals surface area contributed by atoms with Gasteiger partial charge in [0.2, 0.25) is 0 Å². The Hall–Kier alpha value is -2.70. The van der Waals surface area contributed by atoms with Gasteiger partial charge in [0.05, 0.1) is 25.4 Å². The molecule has 7 heteroatoms.